The van der Waals surface area contributed by atoms with Crippen LogP contribution in [0.5, 0.6) is 0 Å². The molecule has 0 N–H and O–H groups in total. The second kappa shape index (κ2) is 10.3. The molecule has 0 spiro atoms. The van der Waals surface area contributed by atoms with Gasteiger partial charge in [0.2, 0.25) is 0 Å². The molecule has 0 unspecified atom stereocenters. The SMILES string of the molecule is Cc1cc(F)ccc1[C@@H]1C[C@H](n2cncn2)CCN1C(=O)N(C)Cc1cc(C(F)(F)F)cc(C(F)(F)F)c1. The topological polar surface area (TPSA) is 54.3 Å². The molecule has 4 rings (SSSR count). The Hall–Kier alpha value is -3.64. The molecule has 0 bridgehead atoms. The number of alkyl halides is 6. The van der Waals surface area contributed by atoms with Gasteiger partial charge in [0.1, 0.15) is 18.5 Å². The van der Waals surface area contributed by atoms with Crippen LogP contribution in [0.4, 0.5) is 35.5 Å². The number of aromatic nitrogens is 3. The molecule has 6 nitrogen and oxygen atoms in total. The van der Waals surface area contributed by atoms with E-state index in [1.807, 2.05) is 0 Å². The zero-order valence-electron chi connectivity index (χ0n) is 20.4. The fraction of sp³-hybridized carbons (Fsp3) is 0.400. The van der Waals surface area contributed by atoms with Gasteiger partial charge in [-0.3, -0.25) is 0 Å². The van der Waals surface area contributed by atoms with Crippen LogP contribution >= 0.6 is 0 Å². The van der Waals surface area contributed by atoms with Gasteiger partial charge < -0.3 is 9.80 Å². The quantitative estimate of drug-likeness (QED) is 0.358. The molecular formula is C25H24F7N5O. The Morgan fingerprint density at radius 1 is 1.05 bits per heavy atom. The van der Waals surface area contributed by atoms with E-state index >= 15 is 0 Å². The third kappa shape index (κ3) is 5.91. The van der Waals surface area contributed by atoms with E-state index in [4.69, 9.17) is 0 Å². The lowest BCUT2D eigenvalue weighted by Gasteiger charge is -2.42. The summed E-state index contributed by atoms with van der Waals surface area (Å²) in [6.07, 6.45) is -6.17. The van der Waals surface area contributed by atoms with Gasteiger partial charge >= 0.3 is 18.4 Å². The smallest absolute Gasteiger partial charge is 0.323 e. The van der Waals surface area contributed by atoms with Crippen molar-refractivity contribution in [1.82, 2.24) is 24.6 Å². The number of hydrogen-bond donors (Lipinski definition) is 0. The molecule has 1 aliphatic rings. The fourth-order valence-corrected chi connectivity index (χ4v) is 4.80. The van der Waals surface area contributed by atoms with Crippen LogP contribution in [-0.2, 0) is 18.9 Å². The highest BCUT2D eigenvalue weighted by atomic mass is 19.4. The van der Waals surface area contributed by atoms with Crippen molar-refractivity contribution in [2.24, 2.45) is 0 Å². The molecule has 1 saturated heterocycles. The molecule has 1 aromatic heterocycles. The Balaban J connectivity index is 1.63. The van der Waals surface area contributed by atoms with E-state index in [0.29, 0.717) is 36.1 Å². The maximum Gasteiger partial charge on any atom is 0.416 e. The van der Waals surface area contributed by atoms with Crippen molar-refractivity contribution >= 4 is 6.03 Å². The Morgan fingerprint density at radius 3 is 2.26 bits per heavy atom. The van der Waals surface area contributed by atoms with E-state index < -0.39 is 47.9 Å². The number of carbonyl (C=O) groups excluding carboxylic acids is 1. The van der Waals surface area contributed by atoms with Crippen molar-refractivity contribution in [3.8, 4) is 0 Å². The van der Waals surface area contributed by atoms with Crippen LogP contribution in [0.25, 0.3) is 0 Å². The summed E-state index contributed by atoms with van der Waals surface area (Å²) in [6.45, 7) is 1.45. The summed E-state index contributed by atoms with van der Waals surface area (Å²) >= 11 is 0. The van der Waals surface area contributed by atoms with Gasteiger partial charge in [-0.2, -0.15) is 31.4 Å². The van der Waals surface area contributed by atoms with Crippen molar-refractivity contribution in [3.63, 3.8) is 0 Å². The number of nitrogens with zero attached hydrogens (tertiary/aromatic N) is 5. The Bertz CT molecular complexity index is 1260. The lowest BCUT2D eigenvalue weighted by Crippen LogP contribution is -2.47. The Morgan fingerprint density at radius 2 is 1.71 bits per heavy atom. The standard InChI is InChI=1S/C25H24F7N5O/c1-15-7-19(26)3-4-21(15)22-11-20(37-14-33-13-34-37)5-6-36(22)23(38)35(2)12-16-8-17(24(27,28)29)10-18(9-16)25(30,31)32/h3-4,7-10,13-14,20,22H,5-6,11-12H2,1-2H3/t20-,22+/m1/s1. The molecule has 3 aromatic rings. The van der Waals surface area contributed by atoms with Crippen molar-refractivity contribution in [2.75, 3.05) is 13.6 Å². The first-order valence-corrected chi connectivity index (χ1v) is 11.6. The second-order valence-corrected chi connectivity index (χ2v) is 9.32. The first-order chi connectivity index (χ1) is 17.7. The molecule has 204 valence electrons. The molecule has 1 fully saturated rings. The van der Waals surface area contributed by atoms with Gasteiger partial charge in [0.25, 0.3) is 0 Å². The average molecular weight is 543 g/mol. The van der Waals surface area contributed by atoms with E-state index in [2.05, 4.69) is 10.1 Å². The van der Waals surface area contributed by atoms with Gasteiger partial charge in [-0.1, -0.05) is 6.07 Å². The van der Waals surface area contributed by atoms with Crippen LogP contribution in [0.2, 0.25) is 0 Å². The van der Waals surface area contributed by atoms with Gasteiger partial charge in [-0.25, -0.2) is 18.9 Å². The number of halogens is 7. The van der Waals surface area contributed by atoms with Gasteiger partial charge in [-0.15, -0.1) is 0 Å². The largest absolute Gasteiger partial charge is 0.416 e. The van der Waals surface area contributed by atoms with Gasteiger partial charge in [0.05, 0.1) is 23.2 Å². The molecule has 2 atom stereocenters. The summed E-state index contributed by atoms with van der Waals surface area (Å²) in [6, 6.07) is 4.20. The molecule has 38 heavy (non-hydrogen) atoms. The van der Waals surface area contributed by atoms with E-state index in [-0.39, 0.29) is 24.2 Å². The summed E-state index contributed by atoms with van der Waals surface area (Å²) in [5.41, 5.74) is -1.93. The lowest BCUT2D eigenvalue weighted by molar-refractivity contribution is -0.143. The van der Waals surface area contributed by atoms with Crippen LogP contribution in [0.3, 0.4) is 0 Å². The molecule has 2 heterocycles. The highest BCUT2D eigenvalue weighted by Gasteiger charge is 2.38. The number of likely N-dealkylation sites (tertiary alicyclic amines) is 1. The van der Waals surface area contributed by atoms with Gasteiger partial charge in [0, 0.05) is 20.1 Å². The molecule has 0 aliphatic carbocycles. The minimum Gasteiger partial charge on any atom is -0.323 e. The Labute approximate surface area is 213 Å². The number of piperidine rings is 1. The number of rotatable bonds is 4. The average Bonchev–Trinajstić information content (AvgIpc) is 3.37. The molecule has 2 amide bonds. The highest BCUT2D eigenvalue weighted by molar-refractivity contribution is 5.75. The Kier molecular flexibility index (Phi) is 7.39. The zero-order valence-corrected chi connectivity index (χ0v) is 20.4. The predicted molar refractivity (Wildman–Crippen MR) is 122 cm³/mol. The summed E-state index contributed by atoms with van der Waals surface area (Å²) in [4.78, 5) is 20.1. The van der Waals surface area contributed by atoms with Gasteiger partial charge in [0.15, 0.2) is 0 Å². The number of amides is 2. The number of hydrogen-bond acceptors (Lipinski definition) is 3. The second-order valence-electron chi connectivity index (χ2n) is 9.32. The summed E-state index contributed by atoms with van der Waals surface area (Å²) in [7, 11) is 1.31. The van der Waals surface area contributed by atoms with E-state index in [0.717, 1.165) is 4.90 Å². The molecule has 1 aliphatic heterocycles. The van der Waals surface area contributed by atoms with Crippen molar-refractivity contribution in [1.29, 1.82) is 0 Å². The van der Waals surface area contributed by atoms with Crippen LogP contribution in [0.1, 0.15) is 52.7 Å². The maximum atomic E-state index is 13.8. The first-order valence-electron chi connectivity index (χ1n) is 11.6. The minimum atomic E-state index is -4.99. The number of carbonyl (C=O) groups is 1. The highest BCUT2D eigenvalue weighted by Crippen LogP contribution is 2.39. The minimum absolute atomic E-state index is 0.0492. The number of benzene rings is 2. The van der Waals surface area contributed by atoms with E-state index in [1.165, 1.54) is 30.4 Å². The lowest BCUT2D eigenvalue weighted by atomic mass is 9.89. The van der Waals surface area contributed by atoms with Crippen molar-refractivity contribution in [3.05, 3.63) is 82.7 Å². The number of aryl methyl sites for hydroxylation is 1. The third-order valence-electron chi connectivity index (χ3n) is 6.62. The van der Waals surface area contributed by atoms with Gasteiger partial charge in [-0.05, 0) is 66.8 Å². The fourth-order valence-electron chi connectivity index (χ4n) is 4.80. The van der Waals surface area contributed by atoms with E-state index in [9.17, 15) is 35.5 Å². The monoisotopic (exact) mass is 543 g/mol. The van der Waals surface area contributed by atoms with Crippen LogP contribution in [-0.4, -0.2) is 44.2 Å². The molecule has 2 aromatic carbocycles. The predicted octanol–water partition coefficient (Wildman–Crippen LogP) is 6.39. The molecule has 0 radical (unpaired) electrons. The summed E-state index contributed by atoms with van der Waals surface area (Å²) in [5.74, 6) is -0.449. The van der Waals surface area contributed by atoms with Crippen molar-refractivity contribution in [2.45, 2.75) is 50.7 Å². The van der Waals surface area contributed by atoms with Crippen molar-refractivity contribution < 1.29 is 35.5 Å². The summed E-state index contributed by atoms with van der Waals surface area (Å²) < 4.78 is 95.2. The summed E-state index contributed by atoms with van der Waals surface area (Å²) in [5, 5.41) is 4.17. The molecule has 13 heteroatoms. The number of urea groups is 1. The van der Waals surface area contributed by atoms with Crippen LogP contribution in [0.15, 0.2) is 49.1 Å². The first kappa shape index (κ1) is 27.4. The molecule has 0 saturated carbocycles. The maximum absolute atomic E-state index is 13.8. The van der Waals surface area contributed by atoms with E-state index in [1.54, 1.807) is 24.0 Å². The normalized spacial score (nSPS) is 18.5. The van der Waals surface area contributed by atoms with Crippen LogP contribution < -0.4 is 0 Å². The third-order valence-corrected chi connectivity index (χ3v) is 6.62. The zero-order chi connectivity index (χ0) is 27.8. The van der Waals surface area contributed by atoms with Crippen LogP contribution in [0, 0.1) is 12.7 Å². The molecular weight excluding hydrogens is 519 g/mol.